The number of nitrogens with two attached hydrogens (primary N) is 1. The number of carbonyl (C=O) groups excluding carboxylic acids is 1. The topological polar surface area (TPSA) is 104 Å². The molecule has 8 heteroatoms. The van der Waals surface area contributed by atoms with Crippen LogP contribution in [0.1, 0.15) is 50.2 Å². The molecule has 142 valence electrons. The third-order valence-corrected chi connectivity index (χ3v) is 5.16. The molecule has 2 aromatic heterocycles. The van der Waals surface area contributed by atoms with E-state index in [0.29, 0.717) is 18.2 Å². The summed E-state index contributed by atoms with van der Waals surface area (Å²) in [5.74, 6) is 2.49. The summed E-state index contributed by atoms with van der Waals surface area (Å²) >= 11 is 0. The lowest BCUT2D eigenvalue weighted by Crippen LogP contribution is -2.35. The Hall–Kier alpha value is -2.22. The molecule has 3 rings (SSSR count). The van der Waals surface area contributed by atoms with Crippen molar-refractivity contribution in [3.8, 4) is 0 Å². The molecule has 2 aromatic rings. The quantitative estimate of drug-likeness (QED) is 0.740. The van der Waals surface area contributed by atoms with E-state index in [0.717, 1.165) is 25.2 Å². The van der Waals surface area contributed by atoms with Crippen molar-refractivity contribution < 1.29 is 4.79 Å². The largest absolute Gasteiger partial charge is 0.354 e. The molecule has 1 atom stereocenters. The Morgan fingerprint density at radius 3 is 2.69 bits per heavy atom. The Balaban J connectivity index is 1.57. The molecule has 0 unspecified atom stereocenters. The fourth-order valence-corrected chi connectivity index (χ4v) is 3.11. The summed E-state index contributed by atoms with van der Waals surface area (Å²) in [6.45, 7) is 9.60. The lowest BCUT2D eigenvalue weighted by atomic mass is 10.1. The zero-order valence-corrected chi connectivity index (χ0v) is 16.1. The maximum atomic E-state index is 12.5. The van der Waals surface area contributed by atoms with Gasteiger partial charge in [0.05, 0.1) is 6.04 Å². The van der Waals surface area contributed by atoms with Gasteiger partial charge in [0.2, 0.25) is 5.91 Å². The molecule has 1 fully saturated rings. The number of rotatable bonds is 8. The first-order chi connectivity index (χ1) is 12.3. The molecular formula is C18H29N7O. The number of imidazole rings is 1. The molecule has 0 spiro atoms. The van der Waals surface area contributed by atoms with E-state index in [9.17, 15) is 4.79 Å². The third-order valence-electron chi connectivity index (χ3n) is 5.16. The summed E-state index contributed by atoms with van der Waals surface area (Å²) in [5, 5.41) is 7.41. The van der Waals surface area contributed by atoms with Crippen LogP contribution < -0.4 is 11.1 Å². The van der Waals surface area contributed by atoms with Gasteiger partial charge in [-0.3, -0.25) is 4.79 Å². The van der Waals surface area contributed by atoms with Gasteiger partial charge in [0.15, 0.2) is 0 Å². The molecule has 0 radical (unpaired) electrons. The second kappa shape index (κ2) is 7.19. The van der Waals surface area contributed by atoms with Gasteiger partial charge in [-0.1, -0.05) is 13.8 Å². The van der Waals surface area contributed by atoms with Crippen molar-refractivity contribution in [2.75, 3.05) is 6.54 Å². The molecule has 0 bridgehead atoms. The van der Waals surface area contributed by atoms with Crippen molar-refractivity contribution >= 4 is 5.91 Å². The number of carbonyl (C=O) groups is 1. The average Bonchev–Trinajstić information content (AvgIpc) is 3.09. The van der Waals surface area contributed by atoms with E-state index >= 15 is 0 Å². The Morgan fingerprint density at radius 2 is 2.12 bits per heavy atom. The maximum absolute atomic E-state index is 12.5. The molecule has 0 aromatic carbocycles. The standard InChI is InChI=1S/C18H29N7O/c1-12(2)16(19)17-22-13(3)23-25(17)9-15(26)21-10-18(5-6-18)11-24-8-7-20-14(24)4/h7-8,12,16H,5-6,9-11,19H2,1-4H3,(H,21,26)/t16-/m0/s1. The third kappa shape index (κ3) is 4.12. The Bertz CT molecular complexity index is 772. The van der Waals surface area contributed by atoms with E-state index in [-0.39, 0.29) is 29.8 Å². The zero-order chi connectivity index (χ0) is 18.9. The second-order valence-corrected chi connectivity index (χ2v) is 7.82. The summed E-state index contributed by atoms with van der Waals surface area (Å²) in [7, 11) is 0. The maximum Gasteiger partial charge on any atom is 0.241 e. The monoisotopic (exact) mass is 359 g/mol. The van der Waals surface area contributed by atoms with Crippen LogP contribution in [0, 0.1) is 25.2 Å². The van der Waals surface area contributed by atoms with Gasteiger partial charge in [-0.05, 0) is 32.6 Å². The first-order valence-electron chi connectivity index (χ1n) is 9.21. The molecule has 26 heavy (non-hydrogen) atoms. The molecule has 1 saturated carbocycles. The van der Waals surface area contributed by atoms with E-state index in [4.69, 9.17) is 5.73 Å². The summed E-state index contributed by atoms with van der Waals surface area (Å²) in [6, 6.07) is -0.233. The predicted octanol–water partition coefficient (Wildman–Crippen LogP) is 1.34. The minimum Gasteiger partial charge on any atom is -0.354 e. The van der Waals surface area contributed by atoms with Gasteiger partial charge >= 0.3 is 0 Å². The molecule has 0 aliphatic heterocycles. The minimum absolute atomic E-state index is 0.0549. The highest BCUT2D eigenvalue weighted by atomic mass is 16.2. The number of nitrogens with one attached hydrogen (secondary N) is 1. The number of amides is 1. The number of nitrogens with zero attached hydrogens (tertiary/aromatic N) is 5. The second-order valence-electron chi connectivity index (χ2n) is 7.82. The van der Waals surface area contributed by atoms with E-state index in [2.05, 4.69) is 25.0 Å². The number of hydrogen-bond donors (Lipinski definition) is 2. The summed E-state index contributed by atoms with van der Waals surface area (Å²) in [5.41, 5.74) is 6.36. The van der Waals surface area contributed by atoms with Crippen molar-refractivity contribution in [3.63, 3.8) is 0 Å². The highest BCUT2D eigenvalue weighted by molar-refractivity contribution is 5.75. The first kappa shape index (κ1) is 18.6. The molecule has 0 saturated heterocycles. The van der Waals surface area contributed by atoms with Crippen LogP contribution in [0.2, 0.25) is 0 Å². The van der Waals surface area contributed by atoms with E-state index in [1.54, 1.807) is 4.68 Å². The molecule has 8 nitrogen and oxygen atoms in total. The highest BCUT2D eigenvalue weighted by Crippen LogP contribution is 2.46. The van der Waals surface area contributed by atoms with Crippen LogP contribution in [-0.2, 0) is 17.9 Å². The Labute approximate surface area is 154 Å². The normalized spacial score (nSPS) is 16.7. The summed E-state index contributed by atoms with van der Waals surface area (Å²) in [4.78, 5) is 21.1. The van der Waals surface area contributed by atoms with Crippen molar-refractivity contribution in [1.82, 2.24) is 29.6 Å². The average molecular weight is 359 g/mol. The zero-order valence-electron chi connectivity index (χ0n) is 16.1. The highest BCUT2D eigenvalue weighted by Gasteiger charge is 2.43. The molecule has 3 N–H and O–H groups in total. The fraction of sp³-hybridized carbons (Fsp3) is 0.667. The molecule has 1 aliphatic rings. The SMILES string of the molecule is Cc1nc([C@@H](N)C(C)C)n(CC(=O)NCC2(Cn3ccnc3C)CC2)n1. The van der Waals surface area contributed by atoms with Crippen LogP contribution in [0.5, 0.6) is 0 Å². The smallest absolute Gasteiger partial charge is 0.241 e. The fourth-order valence-electron chi connectivity index (χ4n) is 3.11. The van der Waals surface area contributed by atoms with E-state index < -0.39 is 0 Å². The van der Waals surface area contributed by atoms with Crippen LogP contribution in [-0.4, -0.2) is 36.8 Å². The molecular weight excluding hydrogens is 330 g/mol. The molecule has 1 amide bonds. The van der Waals surface area contributed by atoms with Gasteiger partial charge in [0.25, 0.3) is 0 Å². The molecule has 2 heterocycles. The number of aromatic nitrogens is 5. The predicted molar refractivity (Wildman–Crippen MR) is 98.2 cm³/mol. The van der Waals surface area contributed by atoms with E-state index in [1.165, 1.54) is 0 Å². The van der Waals surface area contributed by atoms with Crippen molar-refractivity contribution in [2.24, 2.45) is 17.1 Å². The van der Waals surface area contributed by atoms with Gasteiger partial charge in [0.1, 0.15) is 24.0 Å². The lowest BCUT2D eigenvalue weighted by Gasteiger charge is -2.19. The van der Waals surface area contributed by atoms with Crippen LogP contribution >= 0.6 is 0 Å². The van der Waals surface area contributed by atoms with Gasteiger partial charge in [-0.2, -0.15) is 5.10 Å². The van der Waals surface area contributed by atoms with Crippen molar-refractivity contribution in [2.45, 2.75) is 59.7 Å². The van der Waals surface area contributed by atoms with Gasteiger partial charge in [-0.15, -0.1) is 0 Å². The van der Waals surface area contributed by atoms with Crippen molar-refractivity contribution in [3.05, 3.63) is 29.9 Å². The molecule has 1 aliphatic carbocycles. The van der Waals surface area contributed by atoms with Crippen molar-refractivity contribution in [1.29, 1.82) is 0 Å². The van der Waals surface area contributed by atoms with Gasteiger partial charge < -0.3 is 15.6 Å². The number of aryl methyl sites for hydroxylation is 2. The Morgan fingerprint density at radius 1 is 1.38 bits per heavy atom. The van der Waals surface area contributed by atoms with E-state index in [1.807, 2.05) is 40.1 Å². The first-order valence-corrected chi connectivity index (χ1v) is 9.21. The minimum atomic E-state index is -0.233. The van der Waals surface area contributed by atoms with Crippen LogP contribution in [0.3, 0.4) is 0 Å². The van der Waals surface area contributed by atoms with Gasteiger partial charge in [-0.25, -0.2) is 14.6 Å². The summed E-state index contributed by atoms with van der Waals surface area (Å²) < 4.78 is 3.79. The Kier molecular flexibility index (Phi) is 5.13. The lowest BCUT2D eigenvalue weighted by molar-refractivity contribution is -0.122. The van der Waals surface area contributed by atoms with Crippen LogP contribution in [0.4, 0.5) is 0 Å². The summed E-state index contributed by atoms with van der Waals surface area (Å²) in [6.07, 6.45) is 6.05. The van der Waals surface area contributed by atoms with Gasteiger partial charge in [0, 0.05) is 30.9 Å². The number of hydrogen-bond acceptors (Lipinski definition) is 5. The van der Waals surface area contributed by atoms with Crippen LogP contribution in [0.25, 0.3) is 0 Å². The van der Waals surface area contributed by atoms with Crippen LogP contribution in [0.15, 0.2) is 12.4 Å².